The highest BCUT2D eigenvalue weighted by Crippen LogP contribution is 2.22. The molecule has 1 aromatic heterocycles. The summed E-state index contributed by atoms with van der Waals surface area (Å²) in [6.07, 6.45) is 1.86. The molecule has 0 aliphatic heterocycles. The minimum atomic E-state index is 0.291. The average molecular weight is 274 g/mol. The van der Waals surface area contributed by atoms with Crippen molar-refractivity contribution in [2.45, 2.75) is 45.7 Å². The van der Waals surface area contributed by atoms with Crippen LogP contribution < -0.4 is 5.32 Å². The molecule has 0 bridgehead atoms. The van der Waals surface area contributed by atoms with Gasteiger partial charge in [0.1, 0.15) is 5.01 Å². The molecule has 2 atom stereocenters. The lowest BCUT2D eigenvalue weighted by atomic mass is 9.99. The Morgan fingerprint density at radius 3 is 2.11 bits per heavy atom. The molecule has 1 aromatic carbocycles. The van der Waals surface area contributed by atoms with Crippen molar-refractivity contribution >= 4 is 11.3 Å². The Kier molecular flexibility index (Phi) is 4.72. The number of nitrogens with one attached hydrogen (secondary N) is 1. The normalized spacial score (nSPS) is 14.6. The fourth-order valence-corrected chi connectivity index (χ4v) is 2.82. The van der Waals surface area contributed by atoms with Gasteiger partial charge in [-0.2, -0.15) is 0 Å². The maximum Gasteiger partial charge on any atom is 0.109 e. The molecular formula is C16H22N2S. The molecule has 0 saturated heterocycles. The van der Waals surface area contributed by atoms with Crippen molar-refractivity contribution < 1.29 is 0 Å². The van der Waals surface area contributed by atoms with E-state index in [4.69, 9.17) is 0 Å². The third-order valence-corrected chi connectivity index (χ3v) is 4.38. The SMILES string of the molecule is CC(C)c1ccc(C(C)NC(C)c2nccs2)cc1. The van der Waals surface area contributed by atoms with Crippen LogP contribution in [-0.4, -0.2) is 4.98 Å². The molecule has 0 saturated carbocycles. The van der Waals surface area contributed by atoms with Gasteiger partial charge >= 0.3 is 0 Å². The fourth-order valence-electron chi connectivity index (χ4n) is 2.16. The first-order valence-corrected chi connectivity index (χ1v) is 7.71. The standard InChI is InChI=1S/C16H22N2S/c1-11(2)14-5-7-15(8-6-14)12(3)18-13(4)16-17-9-10-19-16/h5-13,18H,1-4H3. The van der Waals surface area contributed by atoms with E-state index in [1.54, 1.807) is 11.3 Å². The van der Waals surface area contributed by atoms with Crippen LogP contribution in [0.5, 0.6) is 0 Å². The van der Waals surface area contributed by atoms with E-state index >= 15 is 0 Å². The summed E-state index contributed by atoms with van der Waals surface area (Å²) in [6.45, 7) is 8.81. The van der Waals surface area contributed by atoms with Gasteiger partial charge in [-0.25, -0.2) is 4.98 Å². The summed E-state index contributed by atoms with van der Waals surface area (Å²) in [5, 5.41) is 6.76. The Hall–Kier alpha value is -1.19. The molecule has 0 aliphatic rings. The lowest BCUT2D eigenvalue weighted by Gasteiger charge is -2.19. The Balaban J connectivity index is 2.01. The van der Waals surface area contributed by atoms with Crippen LogP contribution in [0.4, 0.5) is 0 Å². The van der Waals surface area contributed by atoms with Crippen molar-refractivity contribution in [3.63, 3.8) is 0 Å². The predicted octanol–water partition coefficient (Wildman–Crippen LogP) is 4.68. The molecule has 2 nitrogen and oxygen atoms in total. The van der Waals surface area contributed by atoms with Gasteiger partial charge in [-0.3, -0.25) is 0 Å². The highest BCUT2D eigenvalue weighted by molar-refractivity contribution is 7.09. The van der Waals surface area contributed by atoms with Gasteiger partial charge < -0.3 is 5.32 Å². The number of aromatic nitrogens is 1. The van der Waals surface area contributed by atoms with E-state index < -0.39 is 0 Å². The Bertz CT molecular complexity index is 488. The van der Waals surface area contributed by atoms with Gasteiger partial charge in [0.2, 0.25) is 0 Å². The zero-order chi connectivity index (χ0) is 13.8. The van der Waals surface area contributed by atoms with E-state index in [-0.39, 0.29) is 0 Å². The second-order valence-corrected chi connectivity index (χ2v) is 6.23. The minimum absolute atomic E-state index is 0.291. The molecule has 0 radical (unpaired) electrons. The zero-order valence-corrected chi connectivity index (χ0v) is 12.9. The second kappa shape index (κ2) is 6.31. The van der Waals surface area contributed by atoms with Gasteiger partial charge in [-0.15, -0.1) is 11.3 Å². The second-order valence-electron chi connectivity index (χ2n) is 5.30. The summed E-state index contributed by atoms with van der Waals surface area (Å²) in [5.74, 6) is 0.589. The van der Waals surface area contributed by atoms with Crippen molar-refractivity contribution in [2.75, 3.05) is 0 Å². The predicted molar refractivity (Wildman–Crippen MR) is 82.6 cm³/mol. The lowest BCUT2D eigenvalue weighted by molar-refractivity contribution is 0.493. The number of benzene rings is 1. The van der Waals surface area contributed by atoms with Crippen molar-refractivity contribution in [3.05, 3.63) is 52.0 Å². The summed E-state index contributed by atoms with van der Waals surface area (Å²) in [7, 11) is 0. The number of hydrogen-bond acceptors (Lipinski definition) is 3. The molecule has 102 valence electrons. The Labute approximate surface area is 119 Å². The summed E-state index contributed by atoms with van der Waals surface area (Å²) in [5.41, 5.74) is 2.72. The average Bonchev–Trinajstić information content (AvgIpc) is 2.92. The molecule has 2 unspecified atom stereocenters. The topological polar surface area (TPSA) is 24.9 Å². The summed E-state index contributed by atoms with van der Waals surface area (Å²) < 4.78 is 0. The molecule has 1 N–H and O–H groups in total. The van der Waals surface area contributed by atoms with Gasteiger partial charge in [0.15, 0.2) is 0 Å². The van der Waals surface area contributed by atoms with Gasteiger partial charge in [-0.1, -0.05) is 38.1 Å². The molecule has 0 fully saturated rings. The first-order chi connectivity index (χ1) is 9.08. The number of hydrogen-bond donors (Lipinski definition) is 1. The van der Waals surface area contributed by atoms with Crippen molar-refractivity contribution in [3.8, 4) is 0 Å². The third kappa shape index (κ3) is 3.64. The molecule has 19 heavy (non-hydrogen) atoms. The fraction of sp³-hybridized carbons (Fsp3) is 0.438. The summed E-state index contributed by atoms with van der Waals surface area (Å²) in [4.78, 5) is 4.36. The van der Waals surface area contributed by atoms with E-state index in [0.717, 1.165) is 5.01 Å². The molecule has 3 heteroatoms. The largest absolute Gasteiger partial charge is 0.302 e. The van der Waals surface area contributed by atoms with Crippen LogP contribution >= 0.6 is 11.3 Å². The van der Waals surface area contributed by atoms with Crippen molar-refractivity contribution in [2.24, 2.45) is 0 Å². The first kappa shape index (κ1) is 14.2. The molecular weight excluding hydrogens is 252 g/mol. The van der Waals surface area contributed by atoms with Crippen molar-refractivity contribution in [1.29, 1.82) is 0 Å². The van der Waals surface area contributed by atoms with E-state index in [1.165, 1.54) is 11.1 Å². The molecule has 1 heterocycles. The van der Waals surface area contributed by atoms with Gasteiger partial charge in [0.05, 0.1) is 6.04 Å². The van der Waals surface area contributed by atoms with Crippen LogP contribution in [0, 0.1) is 0 Å². The smallest absolute Gasteiger partial charge is 0.109 e. The summed E-state index contributed by atoms with van der Waals surface area (Å²) >= 11 is 1.70. The lowest BCUT2D eigenvalue weighted by Crippen LogP contribution is -2.22. The van der Waals surface area contributed by atoms with Crippen LogP contribution in [0.2, 0.25) is 0 Å². The van der Waals surface area contributed by atoms with Crippen LogP contribution in [0.1, 0.15) is 61.8 Å². The minimum Gasteiger partial charge on any atom is -0.302 e. The molecule has 2 aromatic rings. The first-order valence-electron chi connectivity index (χ1n) is 6.83. The highest BCUT2D eigenvalue weighted by Gasteiger charge is 2.13. The molecule has 0 aliphatic carbocycles. The van der Waals surface area contributed by atoms with E-state index in [1.807, 2.05) is 11.6 Å². The maximum atomic E-state index is 4.36. The molecule has 2 rings (SSSR count). The van der Waals surface area contributed by atoms with Gasteiger partial charge in [0.25, 0.3) is 0 Å². The number of nitrogens with zero attached hydrogens (tertiary/aromatic N) is 1. The van der Waals surface area contributed by atoms with Crippen LogP contribution in [0.15, 0.2) is 35.8 Å². The number of thiazole rings is 1. The van der Waals surface area contributed by atoms with Crippen LogP contribution in [0.3, 0.4) is 0 Å². The van der Waals surface area contributed by atoms with E-state index in [9.17, 15) is 0 Å². The number of rotatable bonds is 5. The van der Waals surface area contributed by atoms with E-state index in [0.29, 0.717) is 18.0 Å². The third-order valence-electron chi connectivity index (χ3n) is 3.42. The zero-order valence-electron chi connectivity index (χ0n) is 12.1. The van der Waals surface area contributed by atoms with Crippen molar-refractivity contribution in [1.82, 2.24) is 10.3 Å². The molecule has 0 spiro atoms. The monoisotopic (exact) mass is 274 g/mol. The van der Waals surface area contributed by atoms with Gasteiger partial charge in [0, 0.05) is 17.6 Å². The quantitative estimate of drug-likeness (QED) is 0.856. The molecule has 0 amide bonds. The summed E-state index contributed by atoms with van der Waals surface area (Å²) in [6, 6.07) is 9.53. The highest BCUT2D eigenvalue weighted by atomic mass is 32.1. The van der Waals surface area contributed by atoms with Crippen LogP contribution in [-0.2, 0) is 0 Å². The Morgan fingerprint density at radius 2 is 1.58 bits per heavy atom. The van der Waals surface area contributed by atoms with E-state index in [2.05, 4.69) is 62.3 Å². The Morgan fingerprint density at radius 1 is 0.947 bits per heavy atom. The van der Waals surface area contributed by atoms with Crippen LogP contribution in [0.25, 0.3) is 0 Å². The maximum absolute atomic E-state index is 4.36. The van der Waals surface area contributed by atoms with Gasteiger partial charge in [-0.05, 0) is 30.9 Å².